The highest BCUT2D eigenvalue weighted by Gasteiger charge is 2.04. The van der Waals surface area contributed by atoms with Gasteiger partial charge in [0.25, 0.3) is 5.91 Å². The second-order valence-electron chi connectivity index (χ2n) is 4.26. The standard InChI is InChI=1S/C13H17N5O2/c1-18-12(9-16-17-18)8-15-11-4-2-10(3-5-11)13(20)14-6-7-19/h2-5,9,15,19H,6-8H2,1H3,(H,14,20). The number of aliphatic hydroxyl groups excluding tert-OH is 1. The van der Waals surface area contributed by atoms with Gasteiger partial charge in [-0.25, -0.2) is 0 Å². The van der Waals surface area contributed by atoms with E-state index in [2.05, 4.69) is 20.9 Å². The Balaban J connectivity index is 1.91. The Hall–Kier alpha value is -2.41. The fourth-order valence-electron chi connectivity index (χ4n) is 1.67. The first-order valence-electron chi connectivity index (χ1n) is 6.27. The Morgan fingerprint density at radius 3 is 2.70 bits per heavy atom. The van der Waals surface area contributed by atoms with Crippen LogP contribution < -0.4 is 10.6 Å². The zero-order valence-electron chi connectivity index (χ0n) is 11.2. The van der Waals surface area contributed by atoms with E-state index in [4.69, 9.17) is 5.11 Å². The van der Waals surface area contributed by atoms with Gasteiger partial charge in [0.2, 0.25) is 0 Å². The van der Waals surface area contributed by atoms with Crippen LogP contribution in [0, 0.1) is 0 Å². The molecule has 0 saturated carbocycles. The van der Waals surface area contributed by atoms with Gasteiger partial charge in [0.05, 0.1) is 25.0 Å². The minimum absolute atomic E-state index is 0.0654. The Kier molecular flexibility index (Phi) is 4.67. The fraction of sp³-hybridized carbons (Fsp3) is 0.308. The summed E-state index contributed by atoms with van der Waals surface area (Å²) in [5.74, 6) is -0.193. The number of carbonyl (C=O) groups excluding carboxylic acids is 1. The average molecular weight is 275 g/mol. The molecule has 0 aliphatic carbocycles. The Morgan fingerprint density at radius 1 is 1.35 bits per heavy atom. The van der Waals surface area contributed by atoms with Crippen molar-refractivity contribution in [2.45, 2.75) is 6.54 Å². The quantitative estimate of drug-likeness (QED) is 0.698. The highest BCUT2D eigenvalue weighted by atomic mass is 16.3. The van der Waals surface area contributed by atoms with E-state index < -0.39 is 0 Å². The van der Waals surface area contributed by atoms with Gasteiger partial charge in [0.1, 0.15) is 0 Å². The zero-order valence-corrected chi connectivity index (χ0v) is 11.2. The average Bonchev–Trinajstić information content (AvgIpc) is 2.88. The van der Waals surface area contributed by atoms with Gasteiger partial charge in [-0.1, -0.05) is 5.21 Å². The SMILES string of the molecule is Cn1nncc1CNc1ccc(C(=O)NCCO)cc1. The molecule has 1 aromatic heterocycles. The summed E-state index contributed by atoms with van der Waals surface area (Å²) in [7, 11) is 1.83. The molecule has 0 bridgehead atoms. The second kappa shape index (κ2) is 6.67. The van der Waals surface area contributed by atoms with E-state index in [9.17, 15) is 4.79 Å². The van der Waals surface area contributed by atoms with E-state index in [0.717, 1.165) is 11.4 Å². The summed E-state index contributed by atoms with van der Waals surface area (Å²) >= 11 is 0. The van der Waals surface area contributed by atoms with Crippen molar-refractivity contribution in [2.75, 3.05) is 18.5 Å². The van der Waals surface area contributed by atoms with Crippen molar-refractivity contribution < 1.29 is 9.90 Å². The zero-order chi connectivity index (χ0) is 14.4. The summed E-state index contributed by atoms with van der Waals surface area (Å²) in [5.41, 5.74) is 2.44. The lowest BCUT2D eigenvalue weighted by molar-refractivity contribution is 0.0945. The van der Waals surface area contributed by atoms with Crippen LogP contribution in [-0.4, -0.2) is 39.2 Å². The van der Waals surface area contributed by atoms with Crippen LogP contribution in [-0.2, 0) is 13.6 Å². The molecule has 0 spiro atoms. The molecule has 2 rings (SSSR count). The third kappa shape index (κ3) is 3.55. The number of aryl methyl sites for hydroxylation is 1. The van der Waals surface area contributed by atoms with Crippen molar-refractivity contribution in [3.8, 4) is 0 Å². The molecule has 0 aliphatic heterocycles. The van der Waals surface area contributed by atoms with E-state index in [-0.39, 0.29) is 19.1 Å². The number of aromatic nitrogens is 3. The molecule has 0 atom stereocenters. The first-order valence-corrected chi connectivity index (χ1v) is 6.27. The lowest BCUT2D eigenvalue weighted by atomic mass is 10.2. The Morgan fingerprint density at radius 2 is 2.10 bits per heavy atom. The molecule has 7 nitrogen and oxygen atoms in total. The van der Waals surface area contributed by atoms with Gasteiger partial charge in [-0.3, -0.25) is 9.48 Å². The fourth-order valence-corrected chi connectivity index (χ4v) is 1.67. The molecule has 0 aliphatic rings. The van der Waals surface area contributed by atoms with Gasteiger partial charge in [-0.2, -0.15) is 0 Å². The monoisotopic (exact) mass is 275 g/mol. The molecule has 0 radical (unpaired) electrons. The van der Waals surface area contributed by atoms with Crippen molar-refractivity contribution in [1.29, 1.82) is 0 Å². The van der Waals surface area contributed by atoms with Crippen molar-refractivity contribution in [2.24, 2.45) is 7.05 Å². The van der Waals surface area contributed by atoms with E-state index in [1.54, 1.807) is 23.0 Å². The van der Waals surface area contributed by atoms with Crippen molar-refractivity contribution >= 4 is 11.6 Å². The van der Waals surface area contributed by atoms with Crippen LogP contribution in [0.1, 0.15) is 16.1 Å². The lowest BCUT2D eigenvalue weighted by Crippen LogP contribution is -2.26. The minimum atomic E-state index is -0.193. The summed E-state index contributed by atoms with van der Waals surface area (Å²) in [5, 5.41) is 22.1. The van der Waals surface area contributed by atoms with Crippen LogP contribution in [0.2, 0.25) is 0 Å². The van der Waals surface area contributed by atoms with E-state index >= 15 is 0 Å². The summed E-state index contributed by atoms with van der Waals surface area (Å²) in [6.45, 7) is 0.802. The molecular formula is C13H17N5O2. The molecule has 20 heavy (non-hydrogen) atoms. The highest BCUT2D eigenvalue weighted by molar-refractivity contribution is 5.94. The number of anilines is 1. The van der Waals surface area contributed by atoms with Crippen LogP contribution in [0.3, 0.4) is 0 Å². The summed E-state index contributed by atoms with van der Waals surface area (Å²) in [6, 6.07) is 7.13. The minimum Gasteiger partial charge on any atom is -0.395 e. The maximum atomic E-state index is 11.6. The van der Waals surface area contributed by atoms with Gasteiger partial charge in [-0.15, -0.1) is 5.10 Å². The van der Waals surface area contributed by atoms with Gasteiger partial charge < -0.3 is 15.7 Å². The number of hydrogen-bond acceptors (Lipinski definition) is 5. The van der Waals surface area contributed by atoms with Crippen LogP contribution in [0.4, 0.5) is 5.69 Å². The number of aliphatic hydroxyl groups is 1. The molecule has 1 amide bonds. The first-order chi connectivity index (χ1) is 9.70. The third-order valence-corrected chi connectivity index (χ3v) is 2.83. The highest BCUT2D eigenvalue weighted by Crippen LogP contribution is 2.10. The molecule has 0 saturated heterocycles. The molecule has 106 valence electrons. The number of carbonyl (C=O) groups is 1. The Labute approximate surface area is 116 Å². The van der Waals surface area contributed by atoms with Crippen molar-refractivity contribution in [3.63, 3.8) is 0 Å². The number of amides is 1. The number of hydrogen-bond donors (Lipinski definition) is 3. The number of benzene rings is 1. The topological polar surface area (TPSA) is 92.1 Å². The van der Waals surface area contributed by atoms with Gasteiger partial charge in [0.15, 0.2) is 0 Å². The van der Waals surface area contributed by atoms with Gasteiger partial charge in [-0.05, 0) is 24.3 Å². The van der Waals surface area contributed by atoms with E-state index in [1.807, 2.05) is 19.2 Å². The lowest BCUT2D eigenvalue weighted by Gasteiger charge is -2.07. The van der Waals surface area contributed by atoms with Gasteiger partial charge >= 0.3 is 0 Å². The van der Waals surface area contributed by atoms with Crippen LogP contribution in [0.15, 0.2) is 30.5 Å². The molecular weight excluding hydrogens is 258 g/mol. The van der Waals surface area contributed by atoms with Crippen LogP contribution in [0.5, 0.6) is 0 Å². The smallest absolute Gasteiger partial charge is 0.251 e. The normalized spacial score (nSPS) is 10.3. The molecule has 0 unspecified atom stereocenters. The predicted molar refractivity (Wildman–Crippen MR) is 74.2 cm³/mol. The molecule has 2 aromatic rings. The maximum Gasteiger partial charge on any atom is 0.251 e. The number of nitrogens with zero attached hydrogens (tertiary/aromatic N) is 3. The largest absolute Gasteiger partial charge is 0.395 e. The first kappa shape index (κ1) is 14.0. The molecule has 1 heterocycles. The van der Waals surface area contributed by atoms with Crippen molar-refractivity contribution in [3.05, 3.63) is 41.7 Å². The third-order valence-electron chi connectivity index (χ3n) is 2.83. The molecule has 0 fully saturated rings. The summed E-state index contributed by atoms with van der Waals surface area (Å²) in [6.07, 6.45) is 1.70. The molecule has 1 aromatic carbocycles. The van der Waals surface area contributed by atoms with Gasteiger partial charge in [0, 0.05) is 24.8 Å². The van der Waals surface area contributed by atoms with E-state index in [1.165, 1.54) is 0 Å². The summed E-state index contributed by atoms with van der Waals surface area (Å²) in [4.78, 5) is 11.6. The van der Waals surface area contributed by atoms with E-state index in [0.29, 0.717) is 12.1 Å². The number of rotatable bonds is 6. The number of nitrogens with one attached hydrogen (secondary N) is 2. The van der Waals surface area contributed by atoms with Crippen LogP contribution >= 0.6 is 0 Å². The molecule has 3 N–H and O–H groups in total. The summed E-state index contributed by atoms with van der Waals surface area (Å²) < 4.78 is 1.70. The molecule has 7 heteroatoms. The maximum absolute atomic E-state index is 11.6. The van der Waals surface area contributed by atoms with Crippen LogP contribution in [0.25, 0.3) is 0 Å². The van der Waals surface area contributed by atoms with Crippen molar-refractivity contribution in [1.82, 2.24) is 20.3 Å². The second-order valence-corrected chi connectivity index (χ2v) is 4.26. The Bertz CT molecular complexity index is 564. The predicted octanol–water partition coefficient (Wildman–Crippen LogP) is 0.149.